The highest BCUT2D eigenvalue weighted by molar-refractivity contribution is 5.93. The number of nitrogens with one attached hydrogen (secondary N) is 3. The number of hydrogen-bond acceptors (Lipinski definition) is 3. The van der Waals surface area contributed by atoms with E-state index in [-0.39, 0.29) is 30.9 Å². The lowest BCUT2D eigenvalue weighted by Gasteiger charge is -2.18. The third-order valence-corrected chi connectivity index (χ3v) is 3.15. The van der Waals surface area contributed by atoms with E-state index in [0.717, 1.165) is 4.90 Å². The van der Waals surface area contributed by atoms with Crippen molar-refractivity contribution in [3.8, 4) is 5.75 Å². The Bertz CT molecular complexity index is 503. The summed E-state index contributed by atoms with van der Waals surface area (Å²) in [6, 6.07) is 7.35. The highest BCUT2D eigenvalue weighted by Gasteiger charge is 2.17. The van der Waals surface area contributed by atoms with Crippen molar-refractivity contribution in [2.75, 3.05) is 32.1 Å². The van der Waals surface area contributed by atoms with E-state index < -0.39 is 0 Å². The molecule has 0 fully saturated rings. The third kappa shape index (κ3) is 6.13. The lowest BCUT2D eigenvalue weighted by Crippen LogP contribution is -3.14. The highest BCUT2D eigenvalue weighted by Crippen LogP contribution is 2.22. The van der Waals surface area contributed by atoms with Gasteiger partial charge in [-0.2, -0.15) is 0 Å². The van der Waals surface area contributed by atoms with Crippen LogP contribution in [0.3, 0.4) is 0 Å². The Kier molecular flexibility index (Phi) is 7.39. The molecule has 6 heteroatoms. The molecule has 1 unspecified atom stereocenters. The minimum Gasteiger partial charge on any atom is -0.495 e. The topological polar surface area (TPSA) is 71.9 Å². The van der Waals surface area contributed by atoms with Crippen LogP contribution in [0.4, 0.5) is 5.69 Å². The SMILES string of the molecule is CC[NH+](CC(=O)Nc1ccccc1OC)CC(=O)NC(C)C. The molecule has 3 N–H and O–H groups in total. The molecule has 1 aromatic rings. The molecule has 0 bridgehead atoms. The predicted molar refractivity (Wildman–Crippen MR) is 86.1 cm³/mol. The fourth-order valence-electron chi connectivity index (χ4n) is 2.08. The number of benzene rings is 1. The first-order chi connectivity index (χ1) is 10.5. The second-order valence-corrected chi connectivity index (χ2v) is 5.43. The van der Waals surface area contributed by atoms with Crippen LogP contribution < -0.4 is 20.3 Å². The molecule has 0 spiro atoms. The van der Waals surface area contributed by atoms with Crippen molar-refractivity contribution >= 4 is 17.5 Å². The van der Waals surface area contributed by atoms with Crippen molar-refractivity contribution < 1.29 is 19.2 Å². The zero-order valence-electron chi connectivity index (χ0n) is 13.7. The summed E-state index contributed by atoms with van der Waals surface area (Å²) in [6.07, 6.45) is 0. The zero-order chi connectivity index (χ0) is 16.5. The average Bonchev–Trinajstić information content (AvgIpc) is 2.46. The Balaban J connectivity index is 2.56. The number of carbonyl (C=O) groups excluding carboxylic acids is 2. The first kappa shape index (κ1) is 18.0. The van der Waals surface area contributed by atoms with E-state index in [2.05, 4.69) is 10.6 Å². The number of anilines is 1. The van der Waals surface area contributed by atoms with Gasteiger partial charge in [0.1, 0.15) is 5.75 Å². The van der Waals surface area contributed by atoms with Gasteiger partial charge in [-0.25, -0.2) is 0 Å². The Morgan fingerprint density at radius 2 is 1.82 bits per heavy atom. The molecule has 1 atom stereocenters. The summed E-state index contributed by atoms with van der Waals surface area (Å²) in [6.45, 7) is 7.00. The molecular formula is C16H26N3O3+. The van der Waals surface area contributed by atoms with Crippen LogP contribution in [0.15, 0.2) is 24.3 Å². The highest BCUT2D eigenvalue weighted by atomic mass is 16.5. The first-order valence-electron chi connectivity index (χ1n) is 7.52. The quantitative estimate of drug-likeness (QED) is 0.636. The number of methoxy groups -OCH3 is 1. The Labute approximate surface area is 131 Å². The summed E-state index contributed by atoms with van der Waals surface area (Å²) in [5, 5.41) is 5.66. The van der Waals surface area contributed by atoms with E-state index in [9.17, 15) is 9.59 Å². The molecular weight excluding hydrogens is 282 g/mol. The van der Waals surface area contributed by atoms with Crippen LogP contribution in [0.25, 0.3) is 0 Å². The fraction of sp³-hybridized carbons (Fsp3) is 0.500. The number of para-hydroxylation sites is 2. The Morgan fingerprint density at radius 3 is 2.41 bits per heavy atom. The first-order valence-corrected chi connectivity index (χ1v) is 7.52. The van der Waals surface area contributed by atoms with E-state index in [1.807, 2.05) is 32.9 Å². The Hall–Kier alpha value is -2.08. The van der Waals surface area contributed by atoms with E-state index in [1.54, 1.807) is 19.2 Å². The van der Waals surface area contributed by atoms with Crippen molar-refractivity contribution in [1.29, 1.82) is 0 Å². The molecule has 1 aromatic carbocycles. The van der Waals surface area contributed by atoms with Crippen molar-refractivity contribution in [3.05, 3.63) is 24.3 Å². The second kappa shape index (κ2) is 9.04. The maximum absolute atomic E-state index is 12.1. The molecule has 6 nitrogen and oxygen atoms in total. The number of carbonyl (C=O) groups is 2. The van der Waals surface area contributed by atoms with Crippen LogP contribution in [-0.4, -0.2) is 44.6 Å². The van der Waals surface area contributed by atoms with Crippen LogP contribution >= 0.6 is 0 Å². The van der Waals surface area contributed by atoms with Gasteiger partial charge in [0.15, 0.2) is 13.1 Å². The van der Waals surface area contributed by atoms with Crippen molar-refractivity contribution in [2.24, 2.45) is 0 Å². The van der Waals surface area contributed by atoms with Gasteiger partial charge in [0.25, 0.3) is 11.8 Å². The summed E-state index contributed by atoms with van der Waals surface area (Å²) in [5.41, 5.74) is 0.636. The average molecular weight is 308 g/mol. The summed E-state index contributed by atoms with van der Waals surface area (Å²) in [4.78, 5) is 24.8. The lowest BCUT2D eigenvalue weighted by atomic mass is 10.3. The van der Waals surface area contributed by atoms with Gasteiger partial charge in [-0.3, -0.25) is 9.59 Å². The van der Waals surface area contributed by atoms with Crippen molar-refractivity contribution in [1.82, 2.24) is 5.32 Å². The number of quaternary nitrogens is 1. The minimum atomic E-state index is -0.140. The number of ether oxygens (including phenoxy) is 1. The van der Waals surface area contributed by atoms with Crippen molar-refractivity contribution in [2.45, 2.75) is 26.8 Å². The van der Waals surface area contributed by atoms with E-state index in [0.29, 0.717) is 18.0 Å². The fourth-order valence-corrected chi connectivity index (χ4v) is 2.08. The van der Waals surface area contributed by atoms with Crippen LogP contribution in [-0.2, 0) is 9.59 Å². The Morgan fingerprint density at radius 1 is 1.18 bits per heavy atom. The maximum Gasteiger partial charge on any atom is 0.279 e. The van der Waals surface area contributed by atoms with Gasteiger partial charge in [-0.15, -0.1) is 0 Å². The molecule has 0 radical (unpaired) electrons. The lowest BCUT2D eigenvalue weighted by molar-refractivity contribution is -0.881. The zero-order valence-corrected chi connectivity index (χ0v) is 13.7. The second-order valence-electron chi connectivity index (χ2n) is 5.43. The van der Waals surface area contributed by atoms with Gasteiger partial charge in [0, 0.05) is 6.04 Å². The molecule has 0 saturated carbocycles. The molecule has 122 valence electrons. The normalized spacial score (nSPS) is 11.9. The number of hydrogen-bond donors (Lipinski definition) is 3. The van der Waals surface area contributed by atoms with E-state index in [1.165, 1.54) is 0 Å². The van der Waals surface area contributed by atoms with Gasteiger partial charge in [-0.1, -0.05) is 12.1 Å². The van der Waals surface area contributed by atoms with Crippen LogP contribution in [0, 0.1) is 0 Å². The van der Waals surface area contributed by atoms with Gasteiger partial charge in [0.2, 0.25) is 0 Å². The molecule has 0 aliphatic heterocycles. The molecule has 0 aromatic heterocycles. The van der Waals surface area contributed by atoms with Gasteiger partial charge < -0.3 is 20.3 Å². The molecule has 0 aliphatic rings. The summed E-state index contributed by atoms with van der Waals surface area (Å²) >= 11 is 0. The number of likely N-dealkylation sites (N-methyl/N-ethyl adjacent to an activating group) is 1. The van der Waals surface area contributed by atoms with E-state index in [4.69, 9.17) is 4.74 Å². The summed E-state index contributed by atoms with van der Waals surface area (Å²) in [7, 11) is 1.56. The molecule has 0 heterocycles. The van der Waals surface area contributed by atoms with Crippen LogP contribution in [0.2, 0.25) is 0 Å². The molecule has 0 saturated heterocycles. The van der Waals surface area contributed by atoms with E-state index >= 15 is 0 Å². The molecule has 2 amide bonds. The van der Waals surface area contributed by atoms with Crippen LogP contribution in [0.5, 0.6) is 5.75 Å². The van der Waals surface area contributed by atoms with Gasteiger partial charge in [-0.05, 0) is 32.9 Å². The molecule has 0 aliphatic carbocycles. The molecule has 22 heavy (non-hydrogen) atoms. The van der Waals surface area contributed by atoms with Crippen molar-refractivity contribution in [3.63, 3.8) is 0 Å². The summed E-state index contributed by atoms with van der Waals surface area (Å²) < 4.78 is 5.20. The third-order valence-electron chi connectivity index (χ3n) is 3.15. The van der Waals surface area contributed by atoms with Crippen LogP contribution in [0.1, 0.15) is 20.8 Å². The largest absolute Gasteiger partial charge is 0.495 e. The monoisotopic (exact) mass is 308 g/mol. The van der Waals surface area contributed by atoms with Gasteiger partial charge in [0.05, 0.1) is 19.3 Å². The predicted octanol–water partition coefficient (Wildman–Crippen LogP) is 0.0631. The smallest absolute Gasteiger partial charge is 0.279 e. The molecule has 1 rings (SSSR count). The maximum atomic E-state index is 12.1. The number of amides is 2. The standard InChI is InChI=1S/C16H25N3O3/c1-5-19(10-15(20)17-12(2)3)11-16(21)18-13-8-6-7-9-14(13)22-4/h6-9,12H,5,10-11H2,1-4H3,(H,17,20)(H,18,21)/p+1. The summed E-state index contributed by atoms with van der Waals surface area (Å²) in [5.74, 6) is 0.432. The number of rotatable bonds is 8. The minimum absolute atomic E-state index is 0.0445. The van der Waals surface area contributed by atoms with Gasteiger partial charge >= 0.3 is 0 Å².